The van der Waals surface area contributed by atoms with Gasteiger partial charge in [0.15, 0.2) is 0 Å². The zero-order chi connectivity index (χ0) is 15.8. The van der Waals surface area contributed by atoms with Crippen LogP contribution in [0.25, 0.3) is 11.0 Å². The Balaban J connectivity index is 1.80. The minimum atomic E-state index is -0.102. The first kappa shape index (κ1) is 13.9. The molecule has 0 amide bonds. The molecule has 0 aliphatic carbocycles. The van der Waals surface area contributed by atoms with Gasteiger partial charge in [-0.1, -0.05) is 41.7 Å². The van der Waals surface area contributed by atoms with Gasteiger partial charge in [0.1, 0.15) is 21.9 Å². The van der Waals surface area contributed by atoms with Gasteiger partial charge in [-0.3, -0.25) is 4.79 Å². The first-order valence-corrected chi connectivity index (χ1v) is 8.01. The number of rotatable bonds is 3. The van der Waals surface area contributed by atoms with Crippen molar-refractivity contribution in [1.29, 1.82) is 0 Å². The topological polar surface area (TPSA) is 60.4 Å². The van der Waals surface area contributed by atoms with E-state index in [0.29, 0.717) is 27.5 Å². The summed E-state index contributed by atoms with van der Waals surface area (Å²) in [6, 6.07) is 13.6. The molecule has 0 atom stereocenters. The third kappa shape index (κ3) is 2.57. The van der Waals surface area contributed by atoms with E-state index in [1.54, 1.807) is 10.5 Å². The molecule has 3 heterocycles. The molecular formula is C17H13N3O2S. The molecule has 0 saturated carbocycles. The van der Waals surface area contributed by atoms with Crippen LogP contribution in [-0.2, 0) is 6.42 Å². The molecule has 6 heteroatoms. The maximum atomic E-state index is 12.6. The number of thiazole rings is 1. The van der Waals surface area contributed by atoms with E-state index in [0.717, 1.165) is 11.3 Å². The molecule has 0 aliphatic heterocycles. The predicted octanol–water partition coefficient (Wildman–Crippen LogP) is 2.19. The molecule has 0 spiro atoms. The van der Waals surface area contributed by atoms with Gasteiger partial charge in [0.25, 0.3) is 5.56 Å². The van der Waals surface area contributed by atoms with Crippen molar-refractivity contribution >= 4 is 22.4 Å². The molecule has 23 heavy (non-hydrogen) atoms. The van der Waals surface area contributed by atoms with Gasteiger partial charge in [0.05, 0.1) is 0 Å². The third-order valence-electron chi connectivity index (χ3n) is 3.56. The average molecular weight is 323 g/mol. The summed E-state index contributed by atoms with van der Waals surface area (Å²) in [6.45, 7) is 1.87. The summed E-state index contributed by atoms with van der Waals surface area (Å²) in [5.74, 6) is 2.14. The van der Waals surface area contributed by atoms with Crippen LogP contribution in [0.3, 0.4) is 0 Å². The van der Waals surface area contributed by atoms with Crippen LogP contribution in [0.1, 0.15) is 22.9 Å². The lowest BCUT2D eigenvalue weighted by Crippen LogP contribution is -2.24. The molecular weight excluding hydrogens is 310 g/mol. The first-order chi connectivity index (χ1) is 11.2. The maximum Gasteiger partial charge on any atom is 0.276 e. The Labute approximate surface area is 135 Å². The van der Waals surface area contributed by atoms with E-state index in [2.05, 4.69) is 10.2 Å². The van der Waals surface area contributed by atoms with Crippen LogP contribution in [-0.4, -0.2) is 14.6 Å². The van der Waals surface area contributed by atoms with Crippen LogP contribution in [0.15, 0.2) is 51.7 Å². The van der Waals surface area contributed by atoms with E-state index in [9.17, 15) is 4.79 Å². The summed E-state index contributed by atoms with van der Waals surface area (Å²) >= 11 is 1.32. The zero-order valence-corrected chi connectivity index (χ0v) is 13.2. The highest BCUT2D eigenvalue weighted by molar-refractivity contribution is 7.15. The Morgan fingerprint density at radius 3 is 2.74 bits per heavy atom. The Bertz CT molecular complexity index is 1080. The van der Waals surface area contributed by atoms with Crippen molar-refractivity contribution in [2.75, 3.05) is 0 Å². The van der Waals surface area contributed by atoms with Crippen LogP contribution in [0.4, 0.5) is 0 Å². The van der Waals surface area contributed by atoms with E-state index in [-0.39, 0.29) is 5.56 Å². The van der Waals surface area contributed by atoms with Gasteiger partial charge < -0.3 is 4.42 Å². The maximum absolute atomic E-state index is 12.6. The van der Waals surface area contributed by atoms with Crippen molar-refractivity contribution in [3.63, 3.8) is 0 Å². The van der Waals surface area contributed by atoms with Crippen LogP contribution >= 0.6 is 11.3 Å². The summed E-state index contributed by atoms with van der Waals surface area (Å²) in [7, 11) is 0. The van der Waals surface area contributed by atoms with E-state index < -0.39 is 0 Å². The van der Waals surface area contributed by atoms with Crippen molar-refractivity contribution in [2.45, 2.75) is 13.3 Å². The van der Waals surface area contributed by atoms with Gasteiger partial charge >= 0.3 is 0 Å². The summed E-state index contributed by atoms with van der Waals surface area (Å²) in [5, 5.41) is 8.27. The van der Waals surface area contributed by atoms with Crippen molar-refractivity contribution in [1.82, 2.24) is 14.6 Å². The van der Waals surface area contributed by atoms with Crippen molar-refractivity contribution < 1.29 is 4.42 Å². The van der Waals surface area contributed by atoms with E-state index in [1.807, 2.05) is 49.4 Å². The number of furan rings is 1. The van der Waals surface area contributed by atoms with Gasteiger partial charge in [0.2, 0.25) is 4.96 Å². The number of benzene rings is 1. The summed E-state index contributed by atoms with van der Waals surface area (Å²) < 4.78 is 7.69. The monoisotopic (exact) mass is 323 g/mol. The number of aromatic nitrogens is 3. The highest BCUT2D eigenvalue weighted by Gasteiger charge is 2.13. The highest BCUT2D eigenvalue weighted by Crippen LogP contribution is 2.10. The average Bonchev–Trinajstić information content (AvgIpc) is 3.21. The lowest BCUT2D eigenvalue weighted by molar-refractivity contribution is 0.525. The molecule has 0 radical (unpaired) electrons. The fourth-order valence-electron chi connectivity index (χ4n) is 2.47. The second-order valence-corrected chi connectivity index (χ2v) is 6.27. The molecule has 0 aliphatic rings. The van der Waals surface area contributed by atoms with Crippen LogP contribution in [0.5, 0.6) is 0 Å². The second kappa shape index (κ2) is 5.48. The fourth-order valence-corrected chi connectivity index (χ4v) is 3.38. The Morgan fingerprint density at radius 2 is 2.00 bits per heavy atom. The quantitative estimate of drug-likeness (QED) is 0.580. The minimum Gasteiger partial charge on any atom is -0.462 e. The van der Waals surface area contributed by atoms with Gasteiger partial charge in [-0.2, -0.15) is 0 Å². The SMILES string of the molecule is Cc1ccc(/C=c2\sc3nnc(Cc4ccccc4)n3c2=O)o1. The first-order valence-electron chi connectivity index (χ1n) is 7.19. The molecule has 114 valence electrons. The molecule has 0 fully saturated rings. The predicted molar refractivity (Wildman–Crippen MR) is 88.6 cm³/mol. The van der Waals surface area contributed by atoms with E-state index in [4.69, 9.17) is 4.42 Å². The van der Waals surface area contributed by atoms with Crippen molar-refractivity contribution in [2.24, 2.45) is 0 Å². The molecule has 0 unspecified atom stereocenters. The third-order valence-corrected chi connectivity index (χ3v) is 4.51. The largest absolute Gasteiger partial charge is 0.462 e. The van der Waals surface area contributed by atoms with Gasteiger partial charge in [-0.05, 0) is 24.6 Å². The van der Waals surface area contributed by atoms with Crippen LogP contribution in [0.2, 0.25) is 0 Å². The smallest absolute Gasteiger partial charge is 0.276 e. The lowest BCUT2D eigenvalue weighted by Gasteiger charge is -1.97. The van der Waals surface area contributed by atoms with Crippen molar-refractivity contribution in [3.05, 3.63) is 80.3 Å². The van der Waals surface area contributed by atoms with Crippen LogP contribution in [0, 0.1) is 6.92 Å². The molecule has 4 rings (SSSR count). The molecule has 0 N–H and O–H groups in total. The van der Waals surface area contributed by atoms with Gasteiger partial charge in [-0.15, -0.1) is 10.2 Å². The van der Waals surface area contributed by atoms with Crippen molar-refractivity contribution in [3.8, 4) is 0 Å². The normalized spacial score (nSPS) is 12.3. The Morgan fingerprint density at radius 1 is 1.17 bits per heavy atom. The molecule has 5 nitrogen and oxygen atoms in total. The summed E-state index contributed by atoms with van der Waals surface area (Å²) in [4.78, 5) is 13.2. The summed E-state index contributed by atoms with van der Waals surface area (Å²) in [5.41, 5.74) is 0.995. The molecule has 0 saturated heterocycles. The Kier molecular flexibility index (Phi) is 3.31. The second-order valence-electron chi connectivity index (χ2n) is 5.26. The van der Waals surface area contributed by atoms with Gasteiger partial charge in [-0.25, -0.2) is 4.40 Å². The molecule has 3 aromatic heterocycles. The molecule has 0 bridgehead atoms. The minimum absolute atomic E-state index is 0.102. The zero-order valence-electron chi connectivity index (χ0n) is 12.4. The van der Waals surface area contributed by atoms with E-state index >= 15 is 0 Å². The molecule has 1 aromatic carbocycles. The molecule has 4 aromatic rings. The standard InChI is InChI=1S/C17H13N3O2S/c1-11-7-8-13(22-11)10-14-16(21)20-15(18-19-17(20)23-14)9-12-5-3-2-4-6-12/h2-8,10H,9H2,1H3/b14-10-. The van der Waals surface area contributed by atoms with E-state index in [1.165, 1.54) is 11.3 Å². The highest BCUT2D eigenvalue weighted by atomic mass is 32.1. The Hall–Kier alpha value is -2.73. The van der Waals surface area contributed by atoms with Gasteiger partial charge in [0, 0.05) is 12.5 Å². The number of aryl methyl sites for hydroxylation is 1. The summed E-state index contributed by atoms with van der Waals surface area (Å²) in [6.07, 6.45) is 2.33. The lowest BCUT2D eigenvalue weighted by atomic mass is 10.1. The number of nitrogens with zero attached hydrogens (tertiary/aromatic N) is 3. The number of fused-ring (bicyclic) bond motifs is 1. The number of hydrogen-bond acceptors (Lipinski definition) is 5. The fraction of sp³-hybridized carbons (Fsp3) is 0.118. The van der Waals surface area contributed by atoms with Crippen LogP contribution < -0.4 is 10.1 Å². The number of hydrogen-bond donors (Lipinski definition) is 0.